The third kappa shape index (κ3) is 4.25. The summed E-state index contributed by atoms with van der Waals surface area (Å²) in [5, 5.41) is 22.0. The number of nitrogens with zero attached hydrogens (tertiary/aromatic N) is 2. The van der Waals surface area contributed by atoms with Crippen molar-refractivity contribution < 1.29 is 19.3 Å². The fourth-order valence-electron chi connectivity index (χ4n) is 2.13. The summed E-state index contributed by atoms with van der Waals surface area (Å²) in [6.45, 7) is 0.223. The van der Waals surface area contributed by atoms with Gasteiger partial charge in [-0.3, -0.25) is 20.2 Å². The third-order valence-electron chi connectivity index (χ3n) is 3.23. The summed E-state index contributed by atoms with van der Waals surface area (Å²) in [6.07, 6.45) is 0.345. The zero-order chi connectivity index (χ0) is 18.4. The number of para-hydroxylation sites is 2. The molecular formula is C15H16N4O6. The number of rotatable bonds is 8. The Morgan fingerprint density at radius 3 is 1.56 bits per heavy atom. The molecule has 0 aliphatic heterocycles. The Labute approximate surface area is 142 Å². The molecule has 0 heterocycles. The van der Waals surface area contributed by atoms with Gasteiger partial charge in [-0.2, -0.15) is 0 Å². The molecule has 4 N–H and O–H groups in total. The van der Waals surface area contributed by atoms with Crippen LogP contribution < -0.4 is 20.9 Å². The van der Waals surface area contributed by atoms with Crippen molar-refractivity contribution in [3.8, 4) is 11.5 Å². The van der Waals surface area contributed by atoms with Crippen molar-refractivity contribution in [2.24, 2.45) is 0 Å². The van der Waals surface area contributed by atoms with Crippen molar-refractivity contribution >= 4 is 22.7 Å². The average Bonchev–Trinajstić information content (AvgIpc) is 2.53. The summed E-state index contributed by atoms with van der Waals surface area (Å²) in [5.41, 5.74) is 10.6. The van der Waals surface area contributed by atoms with Gasteiger partial charge >= 0.3 is 11.4 Å². The van der Waals surface area contributed by atoms with Gasteiger partial charge in [0.2, 0.25) is 0 Å². The molecule has 0 unspecified atom stereocenters. The Morgan fingerprint density at radius 2 is 1.20 bits per heavy atom. The molecule has 10 nitrogen and oxygen atoms in total. The molecule has 0 spiro atoms. The van der Waals surface area contributed by atoms with Crippen molar-refractivity contribution in [3.63, 3.8) is 0 Å². The molecule has 0 radical (unpaired) electrons. The summed E-state index contributed by atoms with van der Waals surface area (Å²) in [7, 11) is 0. The van der Waals surface area contributed by atoms with Gasteiger partial charge in [-0.1, -0.05) is 12.1 Å². The summed E-state index contributed by atoms with van der Waals surface area (Å²) in [6, 6.07) is 8.80. The minimum atomic E-state index is -0.614. The van der Waals surface area contributed by atoms with E-state index < -0.39 is 9.85 Å². The second-order valence-electron chi connectivity index (χ2n) is 4.95. The first-order valence-corrected chi connectivity index (χ1v) is 7.23. The molecule has 132 valence electrons. The Balaban J connectivity index is 1.92. The SMILES string of the molecule is Nc1cccc(OCCCOc2cccc(N)c2[N+](=O)[O-])c1[N+](=O)[O-]. The molecule has 0 aliphatic carbocycles. The van der Waals surface area contributed by atoms with E-state index in [1.54, 1.807) is 12.1 Å². The highest BCUT2D eigenvalue weighted by atomic mass is 16.6. The Morgan fingerprint density at radius 1 is 0.800 bits per heavy atom. The van der Waals surface area contributed by atoms with E-state index in [0.29, 0.717) is 6.42 Å². The molecule has 2 rings (SSSR count). The van der Waals surface area contributed by atoms with E-state index in [-0.39, 0.29) is 47.5 Å². The summed E-state index contributed by atoms with van der Waals surface area (Å²) in [4.78, 5) is 20.8. The third-order valence-corrected chi connectivity index (χ3v) is 3.23. The number of nitrogens with two attached hydrogens (primary N) is 2. The van der Waals surface area contributed by atoms with E-state index in [9.17, 15) is 20.2 Å². The standard InChI is InChI=1S/C15H16N4O6/c16-10-4-1-6-12(14(10)18(20)21)24-8-3-9-25-13-7-2-5-11(17)15(13)19(22)23/h1-2,4-7H,3,8-9,16-17H2. The molecule has 2 aromatic rings. The number of nitro benzene ring substituents is 2. The highest BCUT2D eigenvalue weighted by Gasteiger charge is 2.20. The van der Waals surface area contributed by atoms with E-state index in [4.69, 9.17) is 20.9 Å². The van der Waals surface area contributed by atoms with Crippen LogP contribution in [0.4, 0.5) is 22.7 Å². The topological polar surface area (TPSA) is 157 Å². The molecule has 0 saturated heterocycles. The van der Waals surface area contributed by atoms with Crippen molar-refractivity contribution in [3.05, 3.63) is 56.6 Å². The van der Waals surface area contributed by atoms with Crippen LogP contribution in [0.2, 0.25) is 0 Å². The van der Waals surface area contributed by atoms with Gasteiger partial charge in [0, 0.05) is 6.42 Å². The maximum atomic E-state index is 11.0. The van der Waals surface area contributed by atoms with E-state index in [1.807, 2.05) is 0 Å². The Bertz CT molecular complexity index is 730. The van der Waals surface area contributed by atoms with Crippen molar-refractivity contribution in [1.82, 2.24) is 0 Å². The van der Waals surface area contributed by atoms with Crippen molar-refractivity contribution in [2.75, 3.05) is 24.7 Å². The average molecular weight is 348 g/mol. The first-order valence-electron chi connectivity index (χ1n) is 7.23. The lowest BCUT2D eigenvalue weighted by atomic mass is 10.2. The second-order valence-corrected chi connectivity index (χ2v) is 4.95. The minimum Gasteiger partial charge on any atom is -0.487 e. The lowest BCUT2D eigenvalue weighted by Gasteiger charge is -2.10. The molecular weight excluding hydrogens is 332 g/mol. The number of hydrogen-bond donors (Lipinski definition) is 2. The number of nitrogen functional groups attached to an aromatic ring is 2. The maximum absolute atomic E-state index is 11.0. The lowest BCUT2D eigenvalue weighted by Crippen LogP contribution is -2.08. The Hall–Kier alpha value is -3.56. The van der Waals surface area contributed by atoms with Crippen LogP contribution in [0, 0.1) is 20.2 Å². The number of nitro groups is 2. The first-order chi connectivity index (χ1) is 11.9. The minimum absolute atomic E-state index is 0.00846. The lowest BCUT2D eigenvalue weighted by molar-refractivity contribution is -0.384. The largest absolute Gasteiger partial charge is 0.487 e. The molecule has 0 saturated carbocycles. The van der Waals surface area contributed by atoms with Crippen LogP contribution in [0.15, 0.2) is 36.4 Å². The predicted octanol–water partition coefficient (Wildman–Crippen LogP) is 2.52. The molecule has 0 amide bonds. The number of ether oxygens (including phenoxy) is 2. The van der Waals surface area contributed by atoms with Crippen LogP contribution in [0.5, 0.6) is 11.5 Å². The monoisotopic (exact) mass is 348 g/mol. The van der Waals surface area contributed by atoms with E-state index >= 15 is 0 Å². The molecule has 25 heavy (non-hydrogen) atoms. The maximum Gasteiger partial charge on any atom is 0.333 e. The highest BCUT2D eigenvalue weighted by molar-refractivity contribution is 5.66. The second kappa shape index (κ2) is 7.81. The van der Waals surface area contributed by atoms with Gasteiger partial charge in [0.15, 0.2) is 11.5 Å². The molecule has 0 bridgehead atoms. The van der Waals surface area contributed by atoms with Crippen LogP contribution >= 0.6 is 0 Å². The van der Waals surface area contributed by atoms with Gasteiger partial charge in [-0.05, 0) is 24.3 Å². The van der Waals surface area contributed by atoms with E-state index in [0.717, 1.165) is 0 Å². The van der Waals surface area contributed by atoms with Gasteiger partial charge < -0.3 is 20.9 Å². The summed E-state index contributed by atoms with van der Waals surface area (Å²) < 4.78 is 10.7. The molecule has 0 atom stereocenters. The van der Waals surface area contributed by atoms with Gasteiger partial charge in [0.05, 0.1) is 23.1 Å². The molecule has 0 aliphatic rings. The fourth-order valence-corrected chi connectivity index (χ4v) is 2.13. The van der Waals surface area contributed by atoms with Gasteiger partial charge in [-0.25, -0.2) is 0 Å². The van der Waals surface area contributed by atoms with Crippen LogP contribution in [-0.4, -0.2) is 23.1 Å². The van der Waals surface area contributed by atoms with Crippen LogP contribution in [0.3, 0.4) is 0 Å². The molecule has 2 aromatic carbocycles. The fraction of sp³-hybridized carbons (Fsp3) is 0.200. The smallest absolute Gasteiger partial charge is 0.333 e. The van der Waals surface area contributed by atoms with Crippen molar-refractivity contribution in [1.29, 1.82) is 0 Å². The Kier molecular flexibility index (Phi) is 5.56. The number of anilines is 2. The molecule has 0 aromatic heterocycles. The van der Waals surface area contributed by atoms with E-state index in [1.165, 1.54) is 24.3 Å². The highest BCUT2D eigenvalue weighted by Crippen LogP contribution is 2.33. The summed E-state index contributed by atoms with van der Waals surface area (Å²) in [5.74, 6) is 0.111. The van der Waals surface area contributed by atoms with Gasteiger partial charge in [-0.15, -0.1) is 0 Å². The van der Waals surface area contributed by atoms with Crippen molar-refractivity contribution in [2.45, 2.75) is 6.42 Å². The normalized spacial score (nSPS) is 10.2. The van der Waals surface area contributed by atoms with Crippen LogP contribution in [0.25, 0.3) is 0 Å². The van der Waals surface area contributed by atoms with E-state index in [2.05, 4.69) is 0 Å². The quantitative estimate of drug-likeness (QED) is 0.319. The molecule has 10 heteroatoms. The van der Waals surface area contributed by atoms with Crippen LogP contribution in [-0.2, 0) is 0 Å². The number of hydrogen-bond acceptors (Lipinski definition) is 8. The molecule has 0 fully saturated rings. The summed E-state index contributed by atoms with van der Waals surface area (Å²) >= 11 is 0. The van der Waals surface area contributed by atoms with Gasteiger partial charge in [0.1, 0.15) is 11.4 Å². The zero-order valence-corrected chi connectivity index (χ0v) is 13.1. The van der Waals surface area contributed by atoms with Gasteiger partial charge in [0.25, 0.3) is 0 Å². The predicted molar refractivity (Wildman–Crippen MR) is 90.6 cm³/mol. The first kappa shape index (κ1) is 17.8. The van der Waals surface area contributed by atoms with Crippen LogP contribution in [0.1, 0.15) is 6.42 Å². The number of benzene rings is 2. The zero-order valence-electron chi connectivity index (χ0n) is 13.1.